The highest BCUT2D eigenvalue weighted by molar-refractivity contribution is 6.13. The molecule has 0 N–H and O–H groups in total. The maximum absolute atomic E-state index is 13.5. The average molecular weight is 478 g/mol. The predicted molar refractivity (Wildman–Crippen MR) is 108 cm³/mol. The number of carbonyl (C=O) groups excluding carboxylic acids is 2. The summed E-state index contributed by atoms with van der Waals surface area (Å²) in [4.78, 5) is 28.9. The normalized spacial score (nSPS) is 17.5. The largest absolute Gasteiger partial charge is 0.415 e. The predicted octanol–water partition coefficient (Wildman–Crippen LogP) is 3.44. The van der Waals surface area contributed by atoms with Crippen molar-refractivity contribution in [3.05, 3.63) is 47.0 Å². The third-order valence-corrected chi connectivity index (χ3v) is 5.87. The van der Waals surface area contributed by atoms with E-state index in [0.29, 0.717) is 11.1 Å². The second kappa shape index (κ2) is 7.92. The van der Waals surface area contributed by atoms with Gasteiger partial charge in [-0.1, -0.05) is 6.07 Å². The van der Waals surface area contributed by atoms with Crippen LogP contribution in [0.3, 0.4) is 0 Å². The zero-order valence-corrected chi connectivity index (χ0v) is 17.8. The molecule has 2 aliphatic heterocycles. The molecule has 2 amide bonds. The molecule has 2 aromatic heterocycles. The lowest BCUT2D eigenvalue weighted by Gasteiger charge is -2.31. The summed E-state index contributed by atoms with van der Waals surface area (Å²) in [5.41, 5.74) is 1.33. The first-order valence-electron chi connectivity index (χ1n) is 10.4. The van der Waals surface area contributed by atoms with Gasteiger partial charge in [0.15, 0.2) is 5.82 Å². The van der Waals surface area contributed by atoms with Gasteiger partial charge in [0.05, 0.1) is 6.54 Å². The Morgan fingerprint density at radius 3 is 2.59 bits per heavy atom. The molecule has 0 bridgehead atoms. The van der Waals surface area contributed by atoms with Crippen LogP contribution in [0.2, 0.25) is 0 Å². The summed E-state index contributed by atoms with van der Waals surface area (Å²) >= 11 is 0. The molecule has 1 saturated heterocycles. The number of fused-ring (bicyclic) bond motifs is 1. The number of amides is 2. The molecule has 0 unspecified atom stereocenters. The summed E-state index contributed by atoms with van der Waals surface area (Å²) in [5.74, 6) is -4.59. The molecule has 5 rings (SSSR count). The van der Waals surface area contributed by atoms with Crippen molar-refractivity contribution in [2.45, 2.75) is 31.7 Å². The van der Waals surface area contributed by atoms with Crippen LogP contribution in [-0.2, 0) is 13.6 Å². The van der Waals surface area contributed by atoms with E-state index >= 15 is 0 Å². The topological polar surface area (TPSA) is 97.4 Å². The molecule has 34 heavy (non-hydrogen) atoms. The number of benzene rings is 1. The zero-order chi connectivity index (χ0) is 24.2. The average Bonchev–Trinajstić information content (AvgIpc) is 3.50. The van der Waals surface area contributed by atoms with Crippen molar-refractivity contribution in [1.82, 2.24) is 24.9 Å². The van der Waals surface area contributed by atoms with Gasteiger partial charge in [0, 0.05) is 50.3 Å². The second-order valence-corrected chi connectivity index (χ2v) is 8.20. The number of piperidine rings is 1. The number of aryl methyl sites for hydroxylation is 1. The van der Waals surface area contributed by atoms with Crippen LogP contribution < -0.4 is 4.90 Å². The van der Waals surface area contributed by atoms with E-state index in [0.717, 1.165) is 0 Å². The Labute approximate surface area is 189 Å². The highest BCUT2D eigenvalue weighted by Gasteiger charge is 2.39. The van der Waals surface area contributed by atoms with Crippen molar-refractivity contribution >= 4 is 17.6 Å². The molecule has 1 aromatic carbocycles. The molecule has 3 aromatic rings. The lowest BCUT2D eigenvalue weighted by molar-refractivity contribution is -0.0494. The molecule has 2 aliphatic rings. The Balaban J connectivity index is 1.41. The van der Waals surface area contributed by atoms with Gasteiger partial charge in [0.2, 0.25) is 5.89 Å². The molecular weight excluding hydrogens is 460 g/mol. The number of hydrogen-bond donors (Lipinski definition) is 0. The van der Waals surface area contributed by atoms with Crippen molar-refractivity contribution in [2.24, 2.45) is 7.05 Å². The quantitative estimate of drug-likeness (QED) is 0.533. The first-order valence-corrected chi connectivity index (χ1v) is 10.4. The first-order chi connectivity index (χ1) is 16.1. The molecule has 0 saturated carbocycles. The SMILES string of the molecule is Cn1cc(C(=O)N2CCC(F)(F)CC2)c(N2Cc3ccc(-c4nnc(C(F)F)o4)cc3C2=O)n1. The lowest BCUT2D eigenvalue weighted by atomic mass is 10.1. The minimum Gasteiger partial charge on any atom is -0.415 e. The smallest absolute Gasteiger partial charge is 0.314 e. The fourth-order valence-electron chi connectivity index (χ4n) is 4.08. The number of aromatic nitrogens is 4. The second-order valence-electron chi connectivity index (χ2n) is 8.20. The number of carbonyl (C=O) groups is 2. The number of likely N-dealkylation sites (tertiary alicyclic amines) is 1. The minimum atomic E-state index is -2.92. The van der Waals surface area contributed by atoms with Gasteiger partial charge < -0.3 is 9.32 Å². The molecule has 9 nitrogen and oxygen atoms in total. The summed E-state index contributed by atoms with van der Waals surface area (Å²) in [6.45, 7) is -0.0685. The van der Waals surface area contributed by atoms with Crippen LogP contribution in [0.4, 0.5) is 23.4 Å². The van der Waals surface area contributed by atoms with Crippen LogP contribution in [0, 0.1) is 0 Å². The van der Waals surface area contributed by atoms with E-state index in [1.54, 1.807) is 19.2 Å². The van der Waals surface area contributed by atoms with Crippen LogP contribution >= 0.6 is 0 Å². The Hall–Kier alpha value is -3.77. The standard InChI is InChI=1S/C21H18F4N6O3/c1-29-10-14(19(32)30-6-4-21(24,25)5-7-30)16(28-29)31-9-12-3-2-11(8-13(12)20(31)33)17-26-27-18(34-17)15(22)23/h2-3,8,10,15H,4-7,9H2,1H3. The van der Waals surface area contributed by atoms with Gasteiger partial charge in [-0.05, 0) is 17.7 Å². The fourth-order valence-corrected chi connectivity index (χ4v) is 4.08. The van der Waals surface area contributed by atoms with Crippen LogP contribution in [0.25, 0.3) is 11.5 Å². The maximum atomic E-state index is 13.5. The van der Waals surface area contributed by atoms with Crippen LogP contribution in [0.15, 0.2) is 28.8 Å². The third kappa shape index (κ3) is 3.80. The van der Waals surface area contributed by atoms with E-state index in [1.165, 1.54) is 26.7 Å². The van der Waals surface area contributed by atoms with Gasteiger partial charge in [-0.15, -0.1) is 10.2 Å². The van der Waals surface area contributed by atoms with Crippen LogP contribution in [0.5, 0.6) is 0 Å². The van der Waals surface area contributed by atoms with E-state index in [4.69, 9.17) is 4.42 Å². The van der Waals surface area contributed by atoms with Gasteiger partial charge >= 0.3 is 6.43 Å². The number of rotatable bonds is 4. The number of halogens is 4. The molecule has 1 fully saturated rings. The van der Waals surface area contributed by atoms with E-state index in [9.17, 15) is 27.2 Å². The molecule has 0 radical (unpaired) electrons. The molecule has 0 spiro atoms. The van der Waals surface area contributed by atoms with E-state index in [2.05, 4.69) is 15.3 Å². The fraction of sp³-hybridized carbons (Fsp3) is 0.381. The Bertz CT molecular complexity index is 1280. The van der Waals surface area contributed by atoms with Gasteiger partial charge in [-0.3, -0.25) is 19.2 Å². The van der Waals surface area contributed by atoms with Crippen molar-refractivity contribution in [3.63, 3.8) is 0 Å². The van der Waals surface area contributed by atoms with Crippen molar-refractivity contribution in [3.8, 4) is 11.5 Å². The van der Waals surface area contributed by atoms with Crippen LogP contribution in [-0.4, -0.2) is 55.7 Å². The lowest BCUT2D eigenvalue weighted by Crippen LogP contribution is -2.43. The minimum absolute atomic E-state index is 0.0948. The monoisotopic (exact) mass is 478 g/mol. The summed E-state index contributed by atoms with van der Waals surface area (Å²) in [7, 11) is 1.59. The molecule has 178 valence electrons. The summed E-state index contributed by atoms with van der Waals surface area (Å²) in [6.07, 6.45) is -2.31. The van der Waals surface area contributed by atoms with Crippen LogP contribution in [0.1, 0.15) is 51.4 Å². The van der Waals surface area contributed by atoms with Crippen molar-refractivity contribution in [1.29, 1.82) is 0 Å². The zero-order valence-electron chi connectivity index (χ0n) is 17.8. The van der Waals surface area contributed by atoms with Gasteiger partial charge in [-0.25, -0.2) is 8.78 Å². The molecule has 4 heterocycles. The third-order valence-electron chi connectivity index (χ3n) is 5.87. The number of alkyl halides is 4. The van der Waals surface area contributed by atoms with E-state index in [1.807, 2.05) is 0 Å². The first kappa shape index (κ1) is 22.0. The Morgan fingerprint density at radius 1 is 1.18 bits per heavy atom. The number of hydrogen-bond acceptors (Lipinski definition) is 6. The maximum Gasteiger partial charge on any atom is 0.314 e. The summed E-state index contributed by atoms with van der Waals surface area (Å²) in [6, 6.07) is 4.65. The van der Waals surface area contributed by atoms with Gasteiger partial charge in [-0.2, -0.15) is 13.9 Å². The Kier molecular flexibility index (Phi) is 5.14. The molecule has 0 atom stereocenters. The van der Waals surface area contributed by atoms with E-state index < -0.39 is 42.9 Å². The summed E-state index contributed by atoms with van der Waals surface area (Å²) in [5, 5.41) is 11.2. The summed E-state index contributed by atoms with van der Waals surface area (Å²) < 4.78 is 58.9. The van der Waals surface area contributed by atoms with Crippen molar-refractivity contribution < 1.29 is 31.6 Å². The van der Waals surface area contributed by atoms with Gasteiger partial charge in [0.25, 0.3) is 23.6 Å². The van der Waals surface area contributed by atoms with E-state index in [-0.39, 0.29) is 42.5 Å². The molecule has 0 aliphatic carbocycles. The molecular formula is C21H18F4N6O3. The highest BCUT2D eigenvalue weighted by atomic mass is 19.3. The molecule has 13 heteroatoms. The number of anilines is 1. The van der Waals surface area contributed by atoms with Crippen molar-refractivity contribution in [2.75, 3.05) is 18.0 Å². The highest BCUT2D eigenvalue weighted by Crippen LogP contribution is 2.34. The number of nitrogens with zero attached hydrogens (tertiary/aromatic N) is 6. The Morgan fingerprint density at radius 2 is 1.91 bits per heavy atom. The van der Waals surface area contributed by atoms with Gasteiger partial charge in [0.1, 0.15) is 5.56 Å².